The number of hydrogen-bond donors (Lipinski definition) is 1. The molecule has 0 aromatic heterocycles. The Hall–Kier alpha value is -0.0900. The number of nitrogens with one attached hydrogen (secondary N) is 1. The maximum absolute atomic E-state index is 11.6. The molecule has 0 aliphatic heterocycles. The van der Waals surface area contributed by atoms with E-state index in [9.17, 15) is 8.42 Å². The number of rotatable bonds is 8. The molecule has 92 valence electrons. The predicted octanol–water partition coefficient (Wildman–Crippen LogP) is 1.84. The topological polar surface area (TPSA) is 46.2 Å². The Kier molecular flexibility index (Phi) is 7.18. The van der Waals surface area contributed by atoms with Gasteiger partial charge in [0, 0.05) is 6.04 Å². The van der Waals surface area contributed by atoms with E-state index in [1.807, 2.05) is 20.8 Å². The molecule has 0 saturated heterocycles. The fourth-order valence-corrected chi connectivity index (χ4v) is 3.34. The van der Waals surface area contributed by atoms with Gasteiger partial charge < -0.3 is 5.32 Å². The Morgan fingerprint density at radius 3 is 2.27 bits per heavy atom. The first kappa shape index (κ1) is 14.9. The van der Waals surface area contributed by atoms with Crippen molar-refractivity contribution in [3.05, 3.63) is 0 Å². The van der Waals surface area contributed by atoms with Gasteiger partial charge in [-0.1, -0.05) is 20.8 Å². The summed E-state index contributed by atoms with van der Waals surface area (Å²) in [7, 11) is -2.84. The van der Waals surface area contributed by atoms with Crippen LogP contribution >= 0.6 is 0 Å². The van der Waals surface area contributed by atoms with Gasteiger partial charge >= 0.3 is 0 Å². The zero-order valence-corrected chi connectivity index (χ0v) is 11.2. The molecule has 0 aromatic rings. The minimum absolute atomic E-state index is 0.230. The average molecular weight is 235 g/mol. The van der Waals surface area contributed by atoms with Gasteiger partial charge in [0.1, 0.15) is 0 Å². The molecule has 0 saturated carbocycles. The molecule has 1 N–H and O–H groups in total. The van der Waals surface area contributed by atoms with Crippen LogP contribution < -0.4 is 5.32 Å². The summed E-state index contributed by atoms with van der Waals surface area (Å²) in [6.07, 6.45) is 1.80. The molecule has 1 atom stereocenters. The van der Waals surface area contributed by atoms with Gasteiger partial charge in [-0.05, 0) is 32.2 Å². The second kappa shape index (κ2) is 7.23. The summed E-state index contributed by atoms with van der Waals surface area (Å²) < 4.78 is 23.2. The van der Waals surface area contributed by atoms with Crippen LogP contribution in [0.25, 0.3) is 0 Å². The summed E-state index contributed by atoms with van der Waals surface area (Å²) in [5, 5.41) is 3.29. The van der Waals surface area contributed by atoms with Gasteiger partial charge in [-0.25, -0.2) is 8.42 Å². The van der Waals surface area contributed by atoms with Crippen LogP contribution in [0.4, 0.5) is 0 Å². The van der Waals surface area contributed by atoms with Crippen molar-refractivity contribution < 1.29 is 8.42 Å². The van der Waals surface area contributed by atoms with E-state index in [0.29, 0.717) is 17.5 Å². The van der Waals surface area contributed by atoms with Gasteiger partial charge in [-0.2, -0.15) is 0 Å². The molecule has 1 unspecified atom stereocenters. The van der Waals surface area contributed by atoms with E-state index < -0.39 is 9.84 Å². The van der Waals surface area contributed by atoms with Gasteiger partial charge in [0.25, 0.3) is 0 Å². The van der Waals surface area contributed by atoms with Crippen LogP contribution in [0, 0.1) is 5.92 Å². The zero-order chi connectivity index (χ0) is 11.9. The summed E-state index contributed by atoms with van der Waals surface area (Å²) in [6, 6.07) is 0.298. The molecular weight excluding hydrogens is 210 g/mol. The fraction of sp³-hybridized carbons (Fsp3) is 1.00. The van der Waals surface area contributed by atoms with E-state index in [4.69, 9.17) is 0 Å². The van der Waals surface area contributed by atoms with Crippen molar-refractivity contribution in [1.82, 2.24) is 5.32 Å². The molecule has 0 aliphatic rings. The average Bonchev–Trinajstić information content (AvgIpc) is 2.09. The minimum atomic E-state index is -2.84. The molecule has 0 heterocycles. The van der Waals surface area contributed by atoms with Crippen molar-refractivity contribution in [3.8, 4) is 0 Å². The molecule has 3 nitrogen and oxygen atoms in total. The van der Waals surface area contributed by atoms with Crippen LogP contribution in [0.15, 0.2) is 0 Å². The smallest absolute Gasteiger partial charge is 0.150 e. The van der Waals surface area contributed by atoms with Gasteiger partial charge in [-0.3, -0.25) is 0 Å². The van der Waals surface area contributed by atoms with Crippen LogP contribution in [0.5, 0.6) is 0 Å². The highest BCUT2D eigenvalue weighted by atomic mass is 32.2. The molecule has 0 amide bonds. The van der Waals surface area contributed by atoms with Crippen LogP contribution in [0.3, 0.4) is 0 Å². The van der Waals surface area contributed by atoms with Crippen LogP contribution in [-0.2, 0) is 9.84 Å². The predicted molar refractivity (Wildman–Crippen MR) is 65.9 cm³/mol. The van der Waals surface area contributed by atoms with Gasteiger partial charge in [-0.15, -0.1) is 0 Å². The maximum Gasteiger partial charge on any atom is 0.150 e. The summed E-state index contributed by atoms with van der Waals surface area (Å²) in [5.41, 5.74) is 0. The fourth-order valence-electron chi connectivity index (χ4n) is 1.44. The summed E-state index contributed by atoms with van der Waals surface area (Å²) in [5.74, 6) is 0.852. The van der Waals surface area contributed by atoms with Crippen molar-refractivity contribution in [1.29, 1.82) is 0 Å². The molecule has 4 heteroatoms. The van der Waals surface area contributed by atoms with Gasteiger partial charge in [0.2, 0.25) is 0 Å². The van der Waals surface area contributed by atoms with Crippen molar-refractivity contribution in [3.63, 3.8) is 0 Å². The third-order valence-electron chi connectivity index (χ3n) is 2.19. The van der Waals surface area contributed by atoms with Gasteiger partial charge in [0.05, 0.1) is 11.5 Å². The van der Waals surface area contributed by atoms with Crippen LogP contribution in [-0.4, -0.2) is 32.5 Å². The van der Waals surface area contributed by atoms with Crippen molar-refractivity contribution >= 4 is 9.84 Å². The molecule has 0 rings (SSSR count). The third kappa shape index (κ3) is 8.88. The Balaban J connectivity index is 3.83. The Labute approximate surface area is 94.6 Å². The SMILES string of the molecule is CCCNC(C)CCS(=O)(=O)CC(C)C. The standard InChI is InChI=1S/C11H25NO2S/c1-5-7-12-11(4)6-8-15(13,14)9-10(2)3/h10-12H,5-9H2,1-4H3. The highest BCUT2D eigenvalue weighted by Gasteiger charge is 2.14. The lowest BCUT2D eigenvalue weighted by Crippen LogP contribution is -2.29. The Morgan fingerprint density at radius 2 is 1.80 bits per heavy atom. The maximum atomic E-state index is 11.6. The van der Waals surface area contributed by atoms with E-state index in [2.05, 4.69) is 12.2 Å². The second-order valence-electron chi connectivity index (χ2n) is 4.65. The van der Waals surface area contributed by atoms with Crippen molar-refractivity contribution in [2.45, 2.75) is 46.6 Å². The molecule has 0 aliphatic carbocycles. The summed E-state index contributed by atoms with van der Waals surface area (Å²) >= 11 is 0. The zero-order valence-electron chi connectivity index (χ0n) is 10.4. The van der Waals surface area contributed by atoms with E-state index in [1.54, 1.807) is 0 Å². The van der Waals surface area contributed by atoms with Crippen LogP contribution in [0.1, 0.15) is 40.5 Å². The lowest BCUT2D eigenvalue weighted by Gasteiger charge is -2.13. The Bertz CT molecular complexity index is 247. The third-order valence-corrected chi connectivity index (χ3v) is 4.22. The first-order valence-electron chi connectivity index (χ1n) is 5.81. The molecular formula is C11H25NO2S. The van der Waals surface area contributed by atoms with E-state index in [-0.39, 0.29) is 5.92 Å². The first-order chi connectivity index (χ1) is 6.87. The quantitative estimate of drug-likeness (QED) is 0.698. The number of hydrogen-bond acceptors (Lipinski definition) is 3. The lowest BCUT2D eigenvalue weighted by atomic mass is 10.2. The normalized spacial score (nSPS) is 14.5. The summed E-state index contributed by atoms with van der Waals surface area (Å²) in [4.78, 5) is 0. The number of sulfone groups is 1. The minimum Gasteiger partial charge on any atom is -0.314 e. The van der Waals surface area contributed by atoms with Gasteiger partial charge in [0.15, 0.2) is 9.84 Å². The monoisotopic (exact) mass is 235 g/mol. The molecule has 15 heavy (non-hydrogen) atoms. The lowest BCUT2D eigenvalue weighted by molar-refractivity contribution is 0.523. The molecule has 0 fully saturated rings. The van der Waals surface area contributed by atoms with E-state index in [1.165, 1.54) is 0 Å². The van der Waals surface area contributed by atoms with Crippen molar-refractivity contribution in [2.24, 2.45) is 5.92 Å². The second-order valence-corrected chi connectivity index (χ2v) is 6.88. The highest BCUT2D eigenvalue weighted by Crippen LogP contribution is 2.04. The molecule has 0 radical (unpaired) electrons. The molecule has 0 aromatic carbocycles. The van der Waals surface area contributed by atoms with E-state index >= 15 is 0 Å². The molecule has 0 spiro atoms. The van der Waals surface area contributed by atoms with E-state index in [0.717, 1.165) is 19.4 Å². The summed E-state index contributed by atoms with van der Waals surface area (Å²) in [6.45, 7) is 8.99. The Morgan fingerprint density at radius 1 is 1.20 bits per heavy atom. The van der Waals surface area contributed by atoms with Crippen LogP contribution in [0.2, 0.25) is 0 Å². The molecule has 0 bridgehead atoms. The van der Waals surface area contributed by atoms with Crippen molar-refractivity contribution in [2.75, 3.05) is 18.1 Å². The highest BCUT2D eigenvalue weighted by molar-refractivity contribution is 7.91. The first-order valence-corrected chi connectivity index (χ1v) is 7.63. The largest absolute Gasteiger partial charge is 0.314 e.